The van der Waals surface area contributed by atoms with Gasteiger partial charge in [-0.1, -0.05) is 95.5 Å². The van der Waals surface area contributed by atoms with Gasteiger partial charge in [-0.2, -0.15) is 0 Å². The Balaban J connectivity index is 1.44. The molecule has 2 aliphatic rings. The highest BCUT2D eigenvalue weighted by molar-refractivity contribution is 6.51. The van der Waals surface area contributed by atoms with E-state index >= 15 is 0 Å². The predicted molar refractivity (Wildman–Crippen MR) is 194 cm³/mol. The minimum Gasteiger partial charge on any atom is -0.489 e. The molecule has 4 aromatic carbocycles. The Morgan fingerprint density at radius 3 is 1.90 bits per heavy atom. The van der Waals surface area contributed by atoms with Crippen LogP contribution in [0.1, 0.15) is 13.8 Å². The number of aromatic nitrogens is 9. The maximum Gasteiger partial charge on any atom is 0.312 e. The molecular weight excluding hydrogens is 713 g/mol. The third-order valence-electron chi connectivity index (χ3n) is 8.84. The molecule has 0 spiro atoms. The van der Waals surface area contributed by atoms with Crippen molar-refractivity contribution in [1.82, 2.24) is 40.1 Å². The zero-order chi connectivity index (χ0) is 35.2. The molecule has 0 saturated heterocycles. The number of para-hydroxylation sites is 1. The summed E-state index contributed by atoms with van der Waals surface area (Å²) in [6.45, 7) is 2.82. The first-order valence-electron chi connectivity index (χ1n) is 15.7. The number of carbonyl (C=O) groups is 1. The van der Waals surface area contributed by atoms with Crippen LogP contribution < -0.4 is 9.53 Å². The van der Waals surface area contributed by atoms with E-state index < -0.39 is 11.4 Å². The van der Waals surface area contributed by atoms with Crippen LogP contribution in [0.4, 0.5) is 0 Å². The Labute approximate surface area is 302 Å². The number of hydrogen-bond acceptors (Lipinski definition) is 8. The second-order valence-corrected chi connectivity index (χ2v) is 13.8. The maximum absolute atomic E-state index is 11.9. The molecule has 0 aliphatic carbocycles. The van der Waals surface area contributed by atoms with Crippen LogP contribution in [0.3, 0.4) is 0 Å². The van der Waals surface area contributed by atoms with Gasteiger partial charge in [0, 0.05) is 28.0 Å². The Morgan fingerprint density at radius 2 is 1.24 bits per heavy atom. The fraction of sp³-hybridized carbons (Fsp3) is 0.111. The van der Waals surface area contributed by atoms with Crippen molar-refractivity contribution in [2.45, 2.75) is 13.8 Å². The molecule has 15 heteroatoms. The fourth-order valence-corrected chi connectivity index (χ4v) is 7.00. The highest BCUT2D eigenvalue weighted by Gasteiger charge is 2.32. The van der Waals surface area contributed by atoms with Crippen LogP contribution >= 0.6 is 34.8 Å². The number of fused-ring (bicyclic) bond motifs is 20. The molecule has 0 radical (unpaired) electrons. The summed E-state index contributed by atoms with van der Waals surface area (Å²) in [5.41, 5.74) is 3.31. The molecule has 2 aliphatic heterocycles. The Morgan fingerprint density at radius 1 is 0.686 bits per heavy atom. The van der Waals surface area contributed by atoms with Crippen molar-refractivity contribution in [1.29, 1.82) is 0 Å². The lowest BCUT2D eigenvalue weighted by molar-refractivity contribution is -0.711. The summed E-state index contributed by atoms with van der Waals surface area (Å²) < 4.78 is 5.97. The van der Waals surface area contributed by atoms with Crippen LogP contribution in [-0.4, -0.2) is 57.8 Å². The number of nitrogens with zero attached hydrogens (tertiary/aromatic N) is 7. The molecular formula is C36H23Cl3N9O3+. The van der Waals surface area contributed by atoms with Gasteiger partial charge in [-0.05, 0) is 19.9 Å². The van der Waals surface area contributed by atoms with Crippen molar-refractivity contribution in [3.05, 3.63) is 87.9 Å². The molecule has 0 fully saturated rings. The number of nitrogens with one attached hydrogen (secondary N) is 2. The minimum absolute atomic E-state index is 0.00576. The molecule has 5 heterocycles. The van der Waals surface area contributed by atoms with Gasteiger partial charge < -0.3 is 19.8 Å². The van der Waals surface area contributed by atoms with Gasteiger partial charge in [-0.25, -0.2) is 19.9 Å². The van der Waals surface area contributed by atoms with E-state index in [0.29, 0.717) is 45.2 Å². The van der Waals surface area contributed by atoms with Gasteiger partial charge in [0.15, 0.2) is 17.4 Å². The van der Waals surface area contributed by atoms with Gasteiger partial charge in [-0.15, -0.1) is 0 Å². The monoisotopic (exact) mass is 734 g/mol. The summed E-state index contributed by atoms with van der Waals surface area (Å²) in [6.07, 6.45) is 0. The summed E-state index contributed by atoms with van der Waals surface area (Å²) in [5, 5.41) is 21.9. The fourth-order valence-electron chi connectivity index (χ4n) is 6.11. The van der Waals surface area contributed by atoms with Gasteiger partial charge in [0.2, 0.25) is 11.5 Å². The van der Waals surface area contributed by atoms with Crippen LogP contribution in [-0.2, 0) is 4.79 Å². The molecule has 0 unspecified atom stereocenters. The van der Waals surface area contributed by atoms with E-state index in [0.717, 1.165) is 27.5 Å². The van der Waals surface area contributed by atoms with E-state index in [4.69, 9.17) is 69.7 Å². The number of aromatic amines is 2. The highest BCUT2D eigenvalue weighted by atomic mass is 35.5. The van der Waals surface area contributed by atoms with Crippen LogP contribution in [0.5, 0.6) is 5.75 Å². The molecule has 8 bridgehead atoms. The average molecular weight is 736 g/mol. The number of H-pyrrole nitrogens is 2. The smallest absolute Gasteiger partial charge is 0.312 e. The van der Waals surface area contributed by atoms with E-state index in [9.17, 15) is 9.90 Å². The summed E-state index contributed by atoms with van der Waals surface area (Å²) in [4.78, 5) is 39.8. The van der Waals surface area contributed by atoms with Gasteiger partial charge in [0.25, 0.3) is 5.69 Å². The number of benzene rings is 4. The van der Waals surface area contributed by atoms with Crippen molar-refractivity contribution in [3.8, 4) is 45.6 Å². The van der Waals surface area contributed by atoms with Crippen LogP contribution in [0.2, 0.25) is 15.1 Å². The van der Waals surface area contributed by atoms with E-state index in [1.165, 1.54) is 18.6 Å². The first kappa shape index (κ1) is 31.3. The van der Waals surface area contributed by atoms with Crippen LogP contribution in [0, 0.1) is 5.41 Å². The summed E-state index contributed by atoms with van der Waals surface area (Å²) in [7, 11) is 0. The summed E-state index contributed by atoms with van der Waals surface area (Å²) in [6, 6.07) is 23.0. The van der Waals surface area contributed by atoms with Crippen molar-refractivity contribution in [2.75, 3.05) is 6.61 Å². The first-order chi connectivity index (χ1) is 24.6. The first-order valence-corrected chi connectivity index (χ1v) is 16.8. The topological polar surface area (TPSA) is 159 Å². The number of carboxylic acids is 1. The van der Waals surface area contributed by atoms with Gasteiger partial charge in [0.05, 0.1) is 41.2 Å². The summed E-state index contributed by atoms with van der Waals surface area (Å²) in [5.74, 6) is 0.174. The number of hydrogen-bond donors (Lipinski definition) is 3. The molecule has 3 aromatic heterocycles. The van der Waals surface area contributed by atoms with E-state index in [-0.39, 0.29) is 38.7 Å². The van der Waals surface area contributed by atoms with Crippen LogP contribution in [0.25, 0.3) is 84.0 Å². The van der Waals surface area contributed by atoms with E-state index in [1.807, 2.05) is 72.8 Å². The highest BCUT2D eigenvalue weighted by Crippen LogP contribution is 2.48. The lowest BCUT2D eigenvalue weighted by atomic mass is 9.95. The Kier molecular flexibility index (Phi) is 7.01. The van der Waals surface area contributed by atoms with Crippen molar-refractivity contribution >= 4 is 84.9 Å². The Bertz CT molecular complexity index is 2830. The summed E-state index contributed by atoms with van der Waals surface area (Å²) >= 11 is 20.9. The second-order valence-electron chi connectivity index (χ2n) is 12.7. The van der Waals surface area contributed by atoms with Gasteiger partial charge in [0.1, 0.15) is 34.1 Å². The molecule has 12 nitrogen and oxygen atoms in total. The minimum atomic E-state index is -1.25. The molecule has 7 aromatic rings. The lowest BCUT2D eigenvalue weighted by Crippen LogP contribution is -2.35. The molecule has 51 heavy (non-hydrogen) atoms. The quantitative estimate of drug-likeness (QED) is 0.121. The number of ether oxygens (including phenoxy) is 1. The SMILES string of the molecule is CC(C)(COc1c(Cl)c(Cl)c2c3nc4nc(nc5[nH]c(nc6n[n+](nc([nH]3)c2c1Cl)-c1ccccc1-6)c1ccccc51)-c1ccccc1-4)C(=O)O. The zero-order valence-corrected chi connectivity index (χ0v) is 28.9. The van der Waals surface area contributed by atoms with Crippen molar-refractivity contribution in [2.24, 2.45) is 5.41 Å². The van der Waals surface area contributed by atoms with Gasteiger partial charge >= 0.3 is 5.97 Å². The normalized spacial score (nSPS) is 12.3. The van der Waals surface area contributed by atoms with Crippen LogP contribution in [0.15, 0.2) is 72.8 Å². The number of rotatable bonds is 4. The van der Waals surface area contributed by atoms with Gasteiger partial charge in [-0.3, -0.25) is 4.79 Å². The second kappa shape index (κ2) is 11.4. The number of aliphatic carboxylic acids is 1. The molecule has 0 atom stereocenters. The Hall–Kier alpha value is -5.69. The largest absolute Gasteiger partial charge is 0.489 e. The average Bonchev–Trinajstić information content (AvgIpc) is 3.86. The number of carboxylic acid groups (broad SMARTS) is 1. The zero-order valence-electron chi connectivity index (χ0n) is 26.7. The number of halogens is 3. The molecule has 0 amide bonds. The third-order valence-corrected chi connectivity index (χ3v) is 10.0. The molecule has 3 N–H and O–H groups in total. The van der Waals surface area contributed by atoms with E-state index in [1.54, 1.807) is 0 Å². The maximum atomic E-state index is 11.9. The third kappa shape index (κ3) is 4.89. The standard InChI is InChI=1S/C36H22Cl3N9O3/c1-36(2,35(49)50)15-51-27-25(38)23-22(24(37)26(27)39)33-44-31-19-12-6-4-10-17(19)29(42-31)40-28-16-9-3-5-11-18(16)30(41-28)43-32-20-13-7-8-14-21(20)48(46-32)47-34(23)45-33/h3-14H,15H2,1-2H3,(H2,40,41,42,43,44,45,46,47,49,50)/p+1. The molecule has 0 saturated carbocycles. The molecule has 250 valence electrons. The van der Waals surface area contributed by atoms with Crippen molar-refractivity contribution < 1.29 is 19.4 Å². The molecule has 9 rings (SSSR count). The lowest BCUT2D eigenvalue weighted by Gasteiger charge is -2.21. The predicted octanol–water partition coefficient (Wildman–Crippen LogP) is 7.93. The van der Waals surface area contributed by atoms with E-state index in [2.05, 4.69) is 9.97 Å². The van der Waals surface area contributed by atoms with Crippen molar-refractivity contribution in [3.63, 3.8) is 0 Å².